The van der Waals surface area contributed by atoms with Crippen molar-refractivity contribution in [1.82, 2.24) is 10.2 Å². The van der Waals surface area contributed by atoms with Gasteiger partial charge < -0.3 is 5.32 Å². The Kier molecular flexibility index (Phi) is 10.3. The fourth-order valence-electron chi connectivity index (χ4n) is 4.14. The third kappa shape index (κ3) is 7.39. The van der Waals surface area contributed by atoms with Gasteiger partial charge in [-0.05, 0) is 41.8 Å². The van der Waals surface area contributed by atoms with Crippen LogP contribution in [0.4, 0.5) is 0 Å². The molecule has 3 aromatic carbocycles. The number of nitrogens with one attached hydrogen (secondary N) is 1. The molecule has 0 fully saturated rings. The van der Waals surface area contributed by atoms with E-state index in [1.54, 1.807) is 55.5 Å². The summed E-state index contributed by atoms with van der Waals surface area (Å²) in [5.74, 6) is -1.63. The van der Waals surface area contributed by atoms with E-state index in [9.17, 15) is 14.4 Å². The summed E-state index contributed by atoms with van der Waals surface area (Å²) in [5, 5.41) is 3.58. The van der Waals surface area contributed by atoms with E-state index in [-0.39, 0.29) is 28.4 Å². The molecule has 4 rings (SSSR count). The number of benzene rings is 3. The second kappa shape index (κ2) is 14.3. The number of halogens is 1. The van der Waals surface area contributed by atoms with Crippen molar-refractivity contribution in [1.29, 1.82) is 0 Å². The third-order valence-electron chi connectivity index (χ3n) is 6.12. The van der Waals surface area contributed by atoms with E-state index >= 15 is 0 Å². The molecular weight excluding hydrogens is 554 g/mol. The molecule has 1 aliphatic heterocycles. The molecule has 1 N–H and O–H groups in total. The summed E-state index contributed by atoms with van der Waals surface area (Å²) in [6.45, 7) is 5.46. The summed E-state index contributed by atoms with van der Waals surface area (Å²) >= 11 is 7.29. The van der Waals surface area contributed by atoms with Gasteiger partial charge in [0.2, 0.25) is 5.91 Å². The van der Waals surface area contributed by atoms with Gasteiger partial charge in [0.25, 0.3) is 11.8 Å². The van der Waals surface area contributed by atoms with Crippen LogP contribution in [0.3, 0.4) is 0 Å². The van der Waals surface area contributed by atoms with Crippen LogP contribution in [0.1, 0.15) is 29.7 Å². The summed E-state index contributed by atoms with van der Waals surface area (Å²) in [6.07, 6.45) is 8.10. The molecule has 0 bridgehead atoms. The lowest BCUT2D eigenvalue weighted by Crippen LogP contribution is -2.42. The highest BCUT2D eigenvalue weighted by Crippen LogP contribution is 2.28. The Morgan fingerprint density at radius 2 is 1.61 bits per heavy atom. The smallest absolute Gasteiger partial charge is 0.285 e. The van der Waals surface area contributed by atoms with E-state index in [0.29, 0.717) is 16.3 Å². The van der Waals surface area contributed by atoms with Gasteiger partial charge in [0.05, 0.1) is 11.8 Å². The number of hydrogen-bond donors (Lipinski definition) is 1. The van der Waals surface area contributed by atoms with Crippen LogP contribution in [0.15, 0.2) is 132 Å². The van der Waals surface area contributed by atoms with Gasteiger partial charge >= 0.3 is 0 Å². The summed E-state index contributed by atoms with van der Waals surface area (Å²) in [4.78, 5) is 45.6. The zero-order valence-corrected chi connectivity index (χ0v) is 23.9. The number of amides is 3. The van der Waals surface area contributed by atoms with Gasteiger partial charge in [0.15, 0.2) is 5.17 Å². The van der Waals surface area contributed by atoms with Gasteiger partial charge in [-0.2, -0.15) is 4.99 Å². The van der Waals surface area contributed by atoms with Crippen LogP contribution in [0, 0.1) is 0 Å². The number of nitrogens with zero attached hydrogens (tertiary/aromatic N) is 2. The molecule has 3 aromatic rings. The zero-order chi connectivity index (χ0) is 29.2. The van der Waals surface area contributed by atoms with Gasteiger partial charge in [-0.25, -0.2) is 0 Å². The normalized spacial score (nSPS) is 15.0. The maximum absolute atomic E-state index is 13.7. The molecule has 0 saturated heterocycles. The van der Waals surface area contributed by atoms with Gasteiger partial charge in [-0.1, -0.05) is 127 Å². The molecule has 0 unspecified atom stereocenters. The second-order valence-corrected chi connectivity index (χ2v) is 10.2. The number of rotatable bonds is 9. The summed E-state index contributed by atoms with van der Waals surface area (Å²) in [6, 6.07) is 25.9. The van der Waals surface area contributed by atoms with Gasteiger partial charge in [0.1, 0.15) is 5.57 Å². The molecular formula is C33H28ClN3O3S. The molecule has 0 aliphatic carbocycles. The van der Waals surface area contributed by atoms with Crippen molar-refractivity contribution in [2.24, 2.45) is 4.99 Å². The maximum Gasteiger partial charge on any atom is 0.285 e. The zero-order valence-electron chi connectivity index (χ0n) is 22.4. The predicted molar refractivity (Wildman–Crippen MR) is 167 cm³/mol. The first-order valence-corrected chi connectivity index (χ1v) is 14.2. The SMILES string of the molecule is C=C/C=C\C(=C/C)N1C(=O)/C(=C/c2ccccc2Cl)C(=O)N=C1SCC(=O)NC(c1ccccc1)c1ccccc1. The lowest BCUT2D eigenvalue weighted by Gasteiger charge is -2.28. The predicted octanol–water partition coefficient (Wildman–Crippen LogP) is 6.73. The fraction of sp³-hybridized carbons (Fsp3) is 0.0909. The minimum absolute atomic E-state index is 0.0716. The Hall–Kier alpha value is -4.46. The summed E-state index contributed by atoms with van der Waals surface area (Å²) in [5.41, 5.74) is 2.73. The van der Waals surface area contributed by atoms with Crippen LogP contribution in [-0.2, 0) is 14.4 Å². The Balaban J connectivity index is 1.61. The van der Waals surface area contributed by atoms with Crippen molar-refractivity contribution in [2.45, 2.75) is 13.0 Å². The van der Waals surface area contributed by atoms with Crippen LogP contribution >= 0.6 is 23.4 Å². The third-order valence-corrected chi connectivity index (χ3v) is 7.40. The number of allylic oxidation sites excluding steroid dienone is 4. The van der Waals surface area contributed by atoms with E-state index in [1.165, 1.54) is 11.0 Å². The minimum atomic E-state index is -0.705. The average molecular weight is 582 g/mol. The van der Waals surface area contributed by atoms with Crippen molar-refractivity contribution in [3.8, 4) is 0 Å². The highest BCUT2D eigenvalue weighted by Gasteiger charge is 2.35. The molecule has 0 radical (unpaired) electrons. The highest BCUT2D eigenvalue weighted by atomic mass is 35.5. The first kappa shape index (κ1) is 29.5. The fourth-order valence-corrected chi connectivity index (χ4v) is 5.14. The number of amidine groups is 1. The molecule has 1 aliphatic rings. The molecule has 6 nitrogen and oxygen atoms in total. The Bertz CT molecular complexity index is 1520. The van der Waals surface area contributed by atoms with Crippen LogP contribution in [-0.4, -0.2) is 33.5 Å². The molecule has 3 amide bonds. The average Bonchev–Trinajstić information content (AvgIpc) is 3.00. The highest BCUT2D eigenvalue weighted by molar-refractivity contribution is 8.14. The monoisotopic (exact) mass is 581 g/mol. The molecule has 1 heterocycles. The van der Waals surface area contributed by atoms with E-state index < -0.39 is 11.8 Å². The molecule has 0 spiro atoms. The molecule has 0 aromatic heterocycles. The standard InChI is InChI=1S/C33H28ClN3O3S/c1-3-5-19-26(4-2)37-32(40)27(21-25-18-12-13-20-28(25)34)31(39)36-33(37)41-22-29(38)35-30(23-14-8-6-9-15-23)24-16-10-7-11-17-24/h3-21,30H,1,22H2,2H3,(H,35,38)/b19-5-,26-4+,27-21+. The Morgan fingerprint density at radius 3 is 2.20 bits per heavy atom. The van der Waals surface area contributed by atoms with E-state index in [0.717, 1.165) is 22.9 Å². The number of thioether (sulfide) groups is 1. The van der Waals surface area contributed by atoms with Crippen LogP contribution in [0.25, 0.3) is 6.08 Å². The number of hydrogen-bond acceptors (Lipinski definition) is 4. The topological polar surface area (TPSA) is 78.8 Å². The first-order valence-electron chi connectivity index (χ1n) is 12.8. The first-order chi connectivity index (χ1) is 19.9. The Labute approximate surface area is 248 Å². The van der Waals surface area contributed by atoms with E-state index in [1.807, 2.05) is 60.7 Å². The van der Waals surface area contributed by atoms with Gasteiger partial charge in [0, 0.05) is 10.7 Å². The van der Waals surface area contributed by atoms with Crippen molar-refractivity contribution in [3.63, 3.8) is 0 Å². The minimum Gasteiger partial charge on any atom is -0.344 e. The quantitative estimate of drug-likeness (QED) is 0.173. The molecule has 0 atom stereocenters. The van der Waals surface area contributed by atoms with Gasteiger partial charge in [-0.3, -0.25) is 19.3 Å². The molecule has 206 valence electrons. The number of carbonyl (C=O) groups is 3. The van der Waals surface area contributed by atoms with E-state index in [4.69, 9.17) is 11.6 Å². The second-order valence-electron chi connectivity index (χ2n) is 8.84. The number of aliphatic imine (C=N–C) groups is 1. The van der Waals surface area contributed by atoms with Crippen LogP contribution in [0.5, 0.6) is 0 Å². The summed E-state index contributed by atoms with van der Waals surface area (Å²) < 4.78 is 0. The number of carbonyl (C=O) groups excluding carboxylic acids is 3. The lowest BCUT2D eigenvalue weighted by atomic mass is 9.99. The molecule has 8 heteroatoms. The molecule has 41 heavy (non-hydrogen) atoms. The lowest BCUT2D eigenvalue weighted by molar-refractivity contribution is -0.126. The van der Waals surface area contributed by atoms with Crippen LogP contribution in [0.2, 0.25) is 5.02 Å². The largest absolute Gasteiger partial charge is 0.344 e. The maximum atomic E-state index is 13.7. The van der Waals surface area contributed by atoms with Crippen molar-refractivity contribution in [3.05, 3.63) is 149 Å². The van der Waals surface area contributed by atoms with Crippen molar-refractivity contribution < 1.29 is 14.4 Å². The van der Waals surface area contributed by atoms with Crippen molar-refractivity contribution >= 4 is 52.3 Å². The van der Waals surface area contributed by atoms with Gasteiger partial charge in [-0.15, -0.1) is 0 Å². The van der Waals surface area contributed by atoms with Crippen molar-refractivity contribution in [2.75, 3.05) is 5.75 Å². The van der Waals surface area contributed by atoms with Crippen LogP contribution < -0.4 is 5.32 Å². The van der Waals surface area contributed by atoms with E-state index in [2.05, 4.69) is 16.9 Å². The summed E-state index contributed by atoms with van der Waals surface area (Å²) in [7, 11) is 0. The Morgan fingerprint density at radius 1 is 1.00 bits per heavy atom. The molecule has 0 saturated carbocycles.